The van der Waals surface area contributed by atoms with Crippen LogP contribution in [0.15, 0.2) is 183 Å². The van der Waals surface area contributed by atoms with Crippen LogP contribution in [0.4, 0.5) is 9.93 Å². The highest BCUT2D eigenvalue weighted by Crippen LogP contribution is 2.46. The van der Waals surface area contributed by atoms with Gasteiger partial charge in [0.05, 0.1) is 5.08 Å². The number of hydrogen-bond acceptors (Lipinski definition) is 16. The van der Waals surface area contributed by atoms with Gasteiger partial charge in [0.25, 0.3) is 11.8 Å². The van der Waals surface area contributed by atoms with E-state index in [1.165, 1.54) is 51.5 Å². The molecule has 0 spiro atoms. The van der Waals surface area contributed by atoms with Crippen molar-refractivity contribution in [3.8, 4) is 0 Å². The van der Waals surface area contributed by atoms with Gasteiger partial charge >= 0.3 is 12.1 Å². The van der Waals surface area contributed by atoms with Gasteiger partial charge in [-0.3, -0.25) is 19.8 Å². The Morgan fingerprint density at radius 2 is 1.35 bits per heavy atom. The van der Waals surface area contributed by atoms with Gasteiger partial charge in [0, 0.05) is 32.7 Å². The Hall–Kier alpha value is -6.77. The minimum absolute atomic E-state index is 0.0604. The molecule has 1 saturated heterocycles. The fourth-order valence-electron chi connectivity index (χ4n) is 7.85. The molecule has 5 aromatic carbocycles. The number of rotatable bonds is 17. The molecule has 2 N–H and O–H groups in total. The number of anilines is 1. The molecule has 71 heavy (non-hydrogen) atoms. The Bertz CT molecular complexity index is 2900. The highest BCUT2D eigenvalue weighted by Gasteiger charge is 2.55. The molecular weight excluding hydrogens is 995 g/mol. The van der Waals surface area contributed by atoms with E-state index in [0.717, 1.165) is 43.5 Å². The summed E-state index contributed by atoms with van der Waals surface area (Å²) < 4.78 is 12.6. The van der Waals surface area contributed by atoms with Crippen LogP contribution in [0.3, 0.4) is 0 Å². The predicted octanol–water partition coefficient (Wildman–Crippen LogP) is 10.5. The normalized spacial score (nSPS) is 15.9. The van der Waals surface area contributed by atoms with Gasteiger partial charge in [-0.1, -0.05) is 180 Å². The Morgan fingerprint density at radius 3 is 1.89 bits per heavy atom. The molecule has 7 aromatic rings. The molecule has 0 aliphatic carbocycles. The summed E-state index contributed by atoms with van der Waals surface area (Å²) in [6.07, 6.45) is -1.51. The van der Waals surface area contributed by atoms with Crippen LogP contribution in [0.1, 0.15) is 60.4 Å². The first-order valence-electron chi connectivity index (χ1n) is 22.2. The summed E-state index contributed by atoms with van der Waals surface area (Å²) in [5.74, 6) is -1.64. The van der Waals surface area contributed by atoms with E-state index < -0.39 is 52.6 Å². The largest absolute Gasteiger partial charge is 0.448 e. The third-order valence-corrected chi connectivity index (χ3v) is 16.3. The highest BCUT2D eigenvalue weighted by atomic mass is 32.2. The lowest BCUT2D eigenvalue weighted by molar-refractivity contribution is -0.154. The molecule has 360 valence electrons. The van der Waals surface area contributed by atoms with Crippen molar-refractivity contribution in [3.63, 3.8) is 0 Å². The predicted molar refractivity (Wildman–Crippen MR) is 280 cm³/mol. The molecule has 3 amide bonds. The number of nitrogens with zero attached hydrogens (tertiary/aromatic N) is 5. The third kappa shape index (κ3) is 11.2. The lowest BCUT2D eigenvalue weighted by Gasteiger charge is -2.49. The van der Waals surface area contributed by atoms with Crippen LogP contribution in [-0.2, 0) is 34.3 Å². The number of fused-ring (bicyclic) bond motifs is 1. The van der Waals surface area contributed by atoms with Crippen LogP contribution < -0.4 is 10.6 Å². The van der Waals surface area contributed by atoms with E-state index in [9.17, 15) is 19.2 Å². The number of thiazole rings is 1. The van der Waals surface area contributed by atoms with Crippen LogP contribution in [0, 0.1) is 0 Å². The molecule has 2 aliphatic rings. The summed E-state index contributed by atoms with van der Waals surface area (Å²) in [6.45, 7) is 5.23. The molecule has 14 nitrogen and oxygen atoms in total. The first-order chi connectivity index (χ1) is 34.5. The number of hydrogen-bond donors (Lipinski definition) is 2. The topological polar surface area (TPSA) is 174 Å². The first kappa shape index (κ1) is 49.2. The smallest absolute Gasteiger partial charge is 0.413 e. The average Bonchev–Trinajstić information content (AvgIpc) is 4.09. The van der Waals surface area contributed by atoms with E-state index in [2.05, 4.69) is 31.0 Å². The number of benzene rings is 5. The Morgan fingerprint density at radius 1 is 0.789 bits per heavy atom. The van der Waals surface area contributed by atoms with Crippen molar-refractivity contribution in [1.29, 1.82) is 0 Å². The zero-order valence-corrected chi connectivity index (χ0v) is 42.5. The van der Waals surface area contributed by atoms with Crippen LogP contribution >= 0.6 is 58.0 Å². The third-order valence-electron chi connectivity index (χ3n) is 11.0. The molecule has 0 radical (unpaired) electrons. The van der Waals surface area contributed by atoms with E-state index in [-0.39, 0.29) is 22.2 Å². The second-order valence-corrected chi connectivity index (χ2v) is 22.3. The fraction of sp³-hybridized carbons (Fsp3) is 0.192. The van der Waals surface area contributed by atoms with E-state index in [1.54, 1.807) is 31.7 Å². The van der Waals surface area contributed by atoms with Crippen LogP contribution in [0.2, 0.25) is 0 Å². The van der Waals surface area contributed by atoms with Gasteiger partial charge in [0.1, 0.15) is 33.9 Å². The standard InChI is InChI=1S/C52H45N7O7S5/c1-51(2,3)65-49(63)56-48-54-38(29-68-48)40(58-66-52(35-23-13-6-14-24-35,36-25-15-7-16-26-36)37-27-17-8-18-28-37)44(60)55-41-45(61)59-42(39(30-67-46(41)59)70-32-71-50-57-53-31-69-50)47(62)64-43(33-19-9-4-10-20-33)34-21-11-5-12-22-34/h4-29,31,41,43,46H,30,32H2,1-3H3,(H,55,60)(H,54,56,63)/t41-,46+/m1/s1. The molecule has 2 atom stereocenters. The van der Waals surface area contributed by atoms with Crippen molar-refractivity contribution in [1.82, 2.24) is 25.4 Å². The maximum absolute atomic E-state index is 14.9. The summed E-state index contributed by atoms with van der Waals surface area (Å²) in [5, 5.41) is 19.8. The number of amides is 3. The monoisotopic (exact) mass is 1040 g/mol. The van der Waals surface area contributed by atoms with E-state index in [4.69, 9.17) is 14.3 Å². The Kier molecular flexibility index (Phi) is 15.3. The molecule has 0 unspecified atom stereocenters. The van der Waals surface area contributed by atoms with Crippen molar-refractivity contribution in [3.05, 3.63) is 207 Å². The zero-order valence-electron chi connectivity index (χ0n) is 38.4. The van der Waals surface area contributed by atoms with Crippen molar-refractivity contribution < 1.29 is 33.5 Å². The first-order valence-corrected chi connectivity index (χ1v) is 27.0. The average molecular weight is 1040 g/mol. The van der Waals surface area contributed by atoms with Crippen molar-refractivity contribution in [2.75, 3.05) is 16.2 Å². The van der Waals surface area contributed by atoms with Gasteiger partial charge in [-0.15, -0.1) is 45.1 Å². The number of aromatic nitrogens is 3. The van der Waals surface area contributed by atoms with Gasteiger partial charge in [0.15, 0.2) is 21.3 Å². The lowest BCUT2D eigenvalue weighted by Crippen LogP contribution is -2.71. The summed E-state index contributed by atoms with van der Waals surface area (Å²) in [5.41, 5.74) is 3.06. The molecular formula is C52H45N7O7S5. The van der Waals surface area contributed by atoms with Gasteiger partial charge in [-0.05, 0) is 31.9 Å². The Balaban J connectivity index is 1.05. The molecule has 19 heteroatoms. The fourth-order valence-corrected chi connectivity index (χ4v) is 13.0. The second kappa shape index (κ2) is 22.1. The molecule has 0 saturated carbocycles. The SMILES string of the molecule is CC(C)(C)OC(=O)Nc1nc(C(=NOC(c2ccccc2)(c2ccccc2)c2ccccc2)C(=O)N[C@@H]2C(=O)N3C(C(=O)OC(c4ccccc4)c4ccccc4)=C(SCSc4nncs4)CS[C@@H]23)cs1. The van der Waals surface area contributed by atoms with Crippen LogP contribution in [0.5, 0.6) is 0 Å². The molecule has 9 rings (SSSR count). The van der Waals surface area contributed by atoms with Gasteiger partial charge in [-0.2, -0.15) is 0 Å². The highest BCUT2D eigenvalue weighted by molar-refractivity contribution is 8.18. The quantitative estimate of drug-likeness (QED) is 0.0168. The van der Waals surface area contributed by atoms with Crippen LogP contribution in [0.25, 0.3) is 0 Å². The zero-order chi connectivity index (χ0) is 49.4. The molecule has 2 aromatic heterocycles. The molecule has 4 heterocycles. The number of carbonyl (C=O) groups is 4. The van der Waals surface area contributed by atoms with Gasteiger partial charge in [-0.25, -0.2) is 14.6 Å². The number of carbonyl (C=O) groups excluding carboxylic acids is 4. The molecule has 1 fully saturated rings. The number of β-lactam (4-membered cyclic amide) rings is 1. The maximum atomic E-state index is 14.9. The van der Waals surface area contributed by atoms with E-state index in [1.807, 2.05) is 152 Å². The summed E-state index contributed by atoms with van der Waals surface area (Å²) >= 11 is 6.77. The van der Waals surface area contributed by atoms with E-state index in [0.29, 0.717) is 15.7 Å². The number of thioether (sulfide) groups is 3. The maximum Gasteiger partial charge on any atom is 0.413 e. The van der Waals surface area contributed by atoms with Gasteiger partial charge < -0.3 is 19.6 Å². The minimum Gasteiger partial charge on any atom is -0.448 e. The van der Waals surface area contributed by atoms with Gasteiger partial charge in [0.2, 0.25) is 5.60 Å². The summed E-state index contributed by atoms with van der Waals surface area (Å²) in [6, 6.07) is 46.3. The van der Waals surface area contributed by atoms with Crippen LogP contribution in [-0.4, -0.2) is 77.5 Å². The van der Waals surface area contributed by atoms with Crippen molar-refractivity contribution in [2.45, 2.75) is 53.8 Å². The Labute approximate surface area is 430 Å². The summed E-state index contributed by atoms with van der Waals surface area (Å²) in [7, 11) is 0. The van der Waals surface area contributed by atoms with E-state index >= 15 is 0 Å². The number of nitrogens with one attached hydrogen (secondary N) is 2. The van der Waals surface area contributed by atoms with Crippen molar-refractivity contribution in [2.24, 2.45) is 5.16 Å². The number of oxime groups is 1. The number of ether oxygens (including phenoxy) is 2. The summed E-state index contributed by atoms with van der Waals surface area (Å²) in [4.78, 5) is 70.6. The number of esters is 1. The van der Waals surface area contributed by atoms with Crippen molar-refractivity contribution >= 4 is 92.7 Å². The lowest BCUT2D eigenvalue weighted by atomic mass is 9.80. The molecule has 0 bridgehead atoms. The minimum atomic E-state index is -1.38. The molecule has 2 aliphatic heterocycles. The second-order valence-electron chi connectivity index (χ2n) is 16.8.